The Balaban J connectivity index is 1.75. The molecule has 7 nitrogen and oxygen atoms in total. The molecule has 26 heavy (non-hydrogen) atoms. The first-order valence-electron chi connectivity index (χ1n) is 7.96. The highest BCUT2D eigenvalue weighted by atomic mass is 16.5. The Hall–Kier alpha value is -3.35. The van der Waals surface area contributed by atoms with E-state index in [-0.39, 0.29) is 18.9 Å². The number of Topliss-reactive ketones (excluding diaryl/α,β-unsaturated/α-hetero) is 1. The molecule has 2 N–H and O–H groups in total. The summed E-state index contributed by atoms with van der Waals surface area (Å²) in [7, 11) is 1.58. The predicted molar refractivity (Wildman–Crippen MR) is 96.6 cm³/mol. The second kappa shape index (κ2) is 9.22. The van der Waals surface area contributed by atoms with Crippen molar-refractivity contribution in [2.45, 2.75) is 6.92 Å². The van der Waals surface area contributed by atoms with Gasteiger partial charge in [-0.05, 0) is 43.3 Å². The Morgan fingerprint density at radius 3 is 2.31 bits per heavy atom. The molecule has 0 atom stereocenters. The van der Waals surface area contributed by atoms with Gasteiger partial charge in [0.05, 0.1) is 13.7 Å². The molecule has 0 aliphatic heterocycles. The van der Waals surface area contributed by atoms with Crippen molar-refractivity contribution in [1.82, 2.24) is 5.32 Å². The number of carbonyl (C=O) groups is 3. The number of carbonyl (C=O) groups excluding carboxylic acids is 3. The third-order valence-electron chi connectivity index (χ3n) is 3.45. The Morgan fingerprint density at radius 1 is 0.962 bits per heavy atom. The fourth-order valence-electron chi connectivity index (χ4n) is 2.09. The maximum atomic E-state index is 11.9. The Kier molecular flexibility index (Phi) is 6.73. The van der Waals surface area contributed by atoms with Crippen molar-refractivity contribution in [1.29, 1.82) is 0 Å². The van der Waals surface area contributed by atoms with Gasteiger partial charge >= 0.3 is 11.8 Å². The van der Waals surface area contributed by atoms with Crippen molar-refractivity contribution in [2.75, 3.05) is 25.6 Å². The monoisotopic (exact) mass is 356 g/mol. The maximum Gasteiger partial charge on any atom is 0.313 e. The van der Waals surface area contributed by atoms with Crippen molar-refractivity contribution in [3.63, 3.8) is 0 Å². The van der Waals surface area contributed by atoms with E-state index in [0.29, 0.717) is 17.0 Å². The van der Waals surface area contributed by atoms with Crippen LogP contribution in [-0.2, 0) is 9.59 Å². The highest BCUT2D eigenvalue weighted by Gasteiger charge is 2.13. The fourth-order valence-corrected chi connectivity index (χ4v) is 2.09. The molecule has 2 aromatic rings. The number of hydrogen-bond acceptors (Lipinski definition) is 5. The summed E-state index contributed by atoms with van der Waals surface area (Å²) >= 11 is 0. The van der Waals surface area contributed by atoms with Crippen molar-refractivity contribution in [3.8, 4) is 11.5 Å². The summed E-state index contributed by atoms with van der Waals surface area (Å²) in [6.07, 6.45) is 0. The van der Waals surface area contributed by atoms with Crippen LogP contribution in [0.4, 0.5) is 5.69 Å². The van der Waals surface area contributed by atoms with Crippen LogP contribution in [0.25, 0.3) is 0 Å². The minimum Gasteiger partial charge on any atom is -0.497 e. The number of hydrogen-bond donors (Lipinski definition) is 2. The Labute approximate surface area is 151 Å². The van der Waals surface area contributed by atoms with E-state index in [9.17, 15) is 14.4 Å². The molecule has 0 saturated carbocycles. The SMILES string of the molecule is COc1ccc(OCCNC(=O)C(=O)Nc2cccc(C(C)=O)c2)cc1. The first-order chi connectivity index (χ1) is 12.5. The molecule has 0 bridgehead atoms. The normalized spacial score (nSPS) is 9.92. The predicted octanol–water partition coefficient (Wildman–Crippen LogP) is 2.03. The summed E-state index contributed by atoms with van der Waals surface area (Å²) in [5.74, 6) is -0.366. The van der Waals surface area contributed by atoms with Gasteiger partial charge in [-0.25, -0.2) is 0 Å². The zero-order chi connectivity index (χ0) is 18.9. The highest BCUT2D eigenvalue weighted by molar-refractivity contribution is 6.39. The summed E-state index contributed by atoms with van der Waals surface area (Å²) in [5, 5.41) is 4.92. The van der Waals surface area contributed by atoms with Gasteiger partial charge in [-0.1, -0.05) is 12.1 Å². The second-order valence-corrected chi connectivity index (χ2v) is 5.37. The van der Waals surface area contributed by atoms with Gasteiger partial charge in [0.2, 0.25) is 0 Å². The fraction of sp³-hybridized carbons (Fsp3) is 0.211. The van der Waals surface area contributed by atoms with Crippen molar-refractivity contribution in [3.05, 3.63) is 54.1 Å². The van der Waals surface area contributed by atoms with E-state index in [2.05, 4.69) is 10.6 Å². The van der Waals surface area contributed by atoms with Crippen molar-refractivity contribution < 1.29 is 23.9 Å². The van der Waals surface area contributed by atoms with E-state index in [4.69, 9.17) is 9.47 Å². The molecule has 0 aliphatic rings. The van der Waals surface area contributed by atoms with Gasteiger partial charge in [0.1, 0.15) is 18.1 Å². The minimum atomic E-state index is -0.810. The lowest BCUT2D eigenvalue weighted by Gasteiger charge is -2.09. The molecular weight excluding hydrogens is 336 g/mol. The Morgan fingerprint density at radius 2 is 1.65 bits per heavy atom. The molecule has 0 radical (unpaired) electrons. The number of anilines is 1. The van der Waals surface area contributed by atoms with E-state index >= 15 is 0 Å². The molecule has 0 fully saturated rings. The highest BCUT2D eigenvalue weighted by Crippen LogP contribution is 2.16. The quantitative estimate of drug-likeness (QED) is 0.450. The molecule has 0 aromatic heterocycles. The number of ketones is 1. The van der Waals surface area contributed by atoms with Gasteiger partial charge in [-0.3, -0.25) is 14.4 Å². The Bertz CT molecular complexity index is 787. The number of rotatable bonds is 7. The third-order valence-corrected chi connectivity index (χ3v) is 3.45. The first kappa shape index (κ1) is 19.0. The van der Waals surface area contributed by atoms with Crippen LogP contribution in [-0.4, -0.2) is 37.9 Å². The van der Waals surface area contributed by atoms with Crippen LogP contribution in [0.1, 0.15) is 17.3 Å². The van der Waals surface area contributed by atoms with Gasteiger partial charge in [-0.15, -0.1) is 0 Å². The lowest BCUT2D eigenvalue weighted by Crippen LogP contribution is -2.37. The van der Waals surface area contributed by atoms with Crippen LogP contribution in [0.2, 0.25) is 0 Å². The molecule has 136 valence electrons. The number of ether oxygens (including phenoxy) is 2. The summed E-state index contributed by atoms with van der Waals surface area (Å²) in [6.45, 7) is 1.81. The molecular formula is C19H20N2O5. The molecule has 7 heteroatoms. The number of methoxy groups -OCH3 is 1. The number of amides is 2. The summed E-state index contributed by atoms with van der Waals surface area (Å²) < 4.78 is 10.5. The molecule has 2 aromatic carbocycles. The van der Waals surface area contributed by atoms with Crippen LogP contribution in [0.3, 0.4) is 0 Å². The lowest BCUT2D eigenvalue weighted by atomic mass is 10.1. The smallest absolute Gasteiger partial charge is 0.313 e. The van der Waals surface area contributed by atoms with Crippen molar-refractivity contribution >= 4 is 23.3 Å². The van der Waals surface area contributed by atoms with Crippen LogP contribution < -0.4 is 20.1 Å². The van der Waals surface area contributed by atoms with Gasteiger partial charge in [-0.2, -0.15) is 0 Å². The summed E-state index contributed by atoms with van der Waals surface area (Å²) in [5.41, 5.74) is 0.837. The van der Waals surface area contributed by atoms with E-state index in [0.717, 1.165) is 5.75 Å². The zero-order valence-corrected chi connectivity index (χ0v) is 14.6. The average molecular weight is 356 g/mol. The number of nitrogens with one attached hydrogen (secondary N) is 2. The average Bonchev–Trinajstić information content (AvgIpc) is 2.65. The number of benzene rings is 2. The second-order valence-electron chi connectivity index (χ2n) is 5.37. The van der Waals surface area contributed by atoms with Crippen LogP contribution in [0, 0.1) is 0 Å². The minimum absolute atomic E-state index is 0.124. The first-order valence-corrected chi connectivity index (χ1v) is 7.96. The molecule has 0 heterocycles. The van der Waals surface area contributed by atoms with Gasteiger partial charge in [0.15, 0.2) is 5.78 Å². The summed E-state index contributed by atoms with van der Waals surface area (Å²) in [6, 6.07) is 13.4. The molecule has 0 spiro atoms. The third kappa shape index (κ3) is 5.62. The van der Waals surface area contributed by atoms with E-state index in [1.54, 1.807) is 49.6 Å². The topological polar surface area (TPSA) is 93.7 Å². The van der Waals surface area contributed by atoms with E-state index in [1.165, 1.54) is 13.0 Å². The van der Waals surface area contributed by atoms with Gasteiger partial charge < -0.3 is 20.1 Å². The van der Waals surface area contributed by atoms with Crippen LogP contribution in [0.15, 0.2) is 48.5 Å². The lowest BCUT2D eigenvalue weighted by molar-refractivity contribution is -0.136. The van der Waals surface area contributed by atoms with Crippen LogP contribution >= 0.6 is 0 Å². The molecule has 0 saturated heterocycles. The largest absolute Gasteiger partial charge is 0.497 e. The van der Waals surface area contributed by atoms with E-state index < -0.39 is 11.8 Å². The molecule has 0 unspecified atom stereocenters. The van der Waals surface area contributed by atoms with Crippen molar-refractivity contribution in [2.24, 2.45) is 0 Å². The molecule has 2 amide bonds. The molecule has 0 aliphatic carbocycles. The van der Waals surface area contributed by atoms with Gasteiger partial charge in [0.25, 0.3) is 0 Å². The summed E-state index contributed by atoms with van der Waals surface area (Å²) in [4.78, 5) is 35.0. The van der Waals surface area contributed by atoms with Gasteiger partial charge in [0, 0.05) is 11.3 Å². The molecule has 2 rings (SSSR count). The standard InChI is InChI=1S/C19H20N2O5/c1-13(22)14-4-3-5-15(12-14)21-19(24)18(23)20-10-11-26-17-8-6-16(25-2)7-9-17/h3-9,12H,10-11H2,1-2H3,(H,20,23)(H,21,24). The van der Waals surface area contributed by atoms with E-state index in [1.807, 2.05) is 0 Å². The zero-order valence-electron chi connectivity index (χ0n) is 14.6. The van der Waals surface area contributed by atoms with Crippen LogP contribution in [0.5, 0.6) is 11.5 Å². The maximum absolute atomic E-state index is 11.9.